The van der Waals surface area contributed by atoms with Crippen LogP contribution < -0.4 is 0 Å². The Labute approximate surface area is 96.9 Å². The van der Waals surface area contributed by atoms with Gasteiger partial charge in [0.2, 0.25) is 0 Å². The number of ether oxygens (including phenoxy) is 2. The third-order valence-corrected chi connectivity index (χ3v) is 3.41. The molecule has 16 heavy (non-hydrogen) atoms. The average molecular weight is 218 g/mol. The normalized spacial score (nSPS) is 27.9. The average Bonchev–Trinajstić information content (AvgIpc) is 2.31. The van der Waals surface area contributed by atoms with Crippen LogP contribution >= 0.6 is 0 Å². The van der Waals surface area contributed by atoms with E-state index in [1.165, 1.54) is 16.7 Å². The molecule has 2 atom stereocenters. The second kappa shape index (κ2) is 4.04. The Balaban J connectivity index is 2.63. The van der Waals surface area contributed by atoms with Crippen LogP contribution in [-0.4, -0.2) is 14.2 Å². The fourth-order valence-corrected chi connectivity index (χ4v) is 2.32. The number of hydrogen-bond acceptors (Lipinski definition) is 2. The molecule has 2 nitrogen and oxygen atoms in total. The van der Waals surface area contributed by atoms with Gasteiger partial charge in [0.15, 0.2) is 0 Å². The molecular formula is C14H18O2. The van der Waals surface area contributed by atoms with E-state index in [2.05, 4.69) is 44.2 Å². The van der Waals surface area contributed by atoms with Gasteiger partial charge in [-0.3, -0.25) is 0 Å². The molecule has 0 bridgehead atoms. The Morgan fingerprint density at radius 1 is 1.25 bits per heavy atom. The number of methoxy groups -OCH3 is 2. The van der Waals surface area contributed by atoms with E-state index in [0.29, 0.717) is 0 Å². The van der Waals surface area contributed by atoms with E-state index >= 15 is 0 Å². The van der Waals surface area contributed by atoms with Crippen LogP contribution in [0.3, 0.4) is 0 Å². The molecule has 2 rings (SSSR count). The molecule has 1 aliphatic rings. The van der Waals surface area contributed by atoms with Crippen LogP contribution in [0.5, 0.6) is 0 Å². The summed E-state index contributed by atoms with van der Waals surface area (Å²) in [6.07, 6.45) is 4.18. The SMILES string of the molecule is CO[C@H]1C=C[C@](C)(OC)c2cccc(C)c21. The highest BCUT2D eigenvalue weighted by atomic mass is 16.5. The summed E-state index contributed by atoms with van der Waals surface area (Å²) in [5.74, 6) is 0. The van der Waals surface area contributed by atoms with Gasteiger partial charge < -0.3 is 9.47 Å². The minimum Gasteiger partial charge on any atom is -0.373 e. The predicted molar refractivity (Wildman–Crippen MR) is 64.4 cm³/mol. The number of hydrogen-bond donors (Lipinski definition) is 0. The van der Waals surface area contributed by atoms with Gasteiger partial charge in [0, 0.05) is 14.2 Å². The lowest BCUT2D eigenvalue weighted by Crippen LogP contribution is -2.28. The molecule has 0 saturated carbocycles. The van der Waals surface area contributed by atoms with Gasteiger partial charge in [-0.05, 0) is 36.6 Å². The summed E-state index contributed by atoms with van der Waals surface area (Å²) >= 11 is 0. The molecular weight excluding hydrogens is 200 g/mol. The van der Waals surface area contributed by atoms with Crippen molar-refractivity contribution in [3.63, 3.8) is 0 Å². The molecule has 0 aromatic heterocycles. The summed E-state index contributed by atoms with van der Waals surface area (Å²) < 4.78 is 11.1. The second-order valence-electron chi connectivity index (χ2n) is 4.36. The lowest BCUT2D eigenvalue weighted by molar-refractivity contribution is 0.0350. The van der Waals surface area contributed by atoms with E-state index in [4.69, 9.17) is 9.47 Å². The summed E-state index contributed by atoms with van der Waals surface area (Å²) in [6, 6.07) is 6.29. The highest BCUT2D eigenvalue weighted by Crippen LogP contribution is 2.40. The molecule has 0 aliphatic heterocycles. The van der Waals surface area contributed by atoms with Gasteiger partial charge in [0.05, 0.1) is 0 Å². The van der Waals surface area contributed by atoms with Gasteiger partial charge in [-0.25, -0.2) is 0 Å². The summed E-state index contributed by atoms with van der Waals surface area (Å²) in [4.78, 5) is 0. The zero-order chi connectivity index (χ0) is 11.8. The van der Waals surface area contributed by atoms with Crippen molar-refractivity contribution in [2.45, 2.75) is 25.6 Å². The summed E-state index contributed by atoms with van der Waals surface area (Å²) in [5, 5.41) is 0. The third kappa shape index (κ3) is 1.58. The Morgan fingerprint density at radius 3 is 2.62 bits per heavy atom. The molecule has 0 heterocycles. The fourth-order valence-electron chi connectivity index (χ4n) is 2.32. The standard InChI is InChI=1S/C14H18O2/c1-10-6-5-7-11-13(10)12(15-3)8-9-14(11,2)16-4/h5-9,12H,1-4H3/t12-,14-/m0/s1. The van der Waals surface area contributed by atoms with Gasteiger partial charge in [-0.1, -0.05) is 24.3 Å². The number of rotatable bonds is 2. The summed E-state index contributed by atoms with van der Waals surface area (Å²) in [6.45, 7) is 4.19. The van der Waals surface area contributed by atoms with Gasteiger partial charge >= 0.3 is 0 Å². The minimum atomic E-state index is -0.337. The molecule has 1 aliphatic carbocycles. The first-order valence-corrected chi connectivity index (χ1v) is 5.49. The largest absolute Gasteiger partial charge is 0.373 e. The molecule has 0 radical (unpaired) electrons. The highest BCUT2D eigenvalue weighted by molar-refractivity contribution is 5.46. The first-order chi connectivity index (χ1) is 7.62. The molecule has 1 aromatic carbocycles. The molecule has 0 unspecified atom stereocenters. The number of aryl methyl sites for hydroxylation is 1. The van der Waals surface area contributed by atoms with Crippen molar-refractivity contribution in [2.24, 2.45) is 0 Å². The Hall–Kier alpha value is -1.12. The predicted octanol–water partition coefficient (Wildman–Crippen LogP) is 3.11. The molecule has 1 aromatic rings. The monoisotopic (exact) mass is 218 g/mol. The lowest BCUT2D eigenvalue weighted by atomic mass is 9.82. The molecule has 86 valence electrons. The quantitative estimate of drug-likeness (QED) is 0.710. The van der Waals surface area contributed by atoms with Crippen LogP contribution in [0.2, 0.25) is 0 Å². The zero-order valence-corrected chi connectivity index (χ0v) is 10.3. The van der Waals surface area contributed by atoms with Crippen molar-refractivity contribution in [3.05, 3.63) is 47.0 Å². The third-order valence-electron chi connectivity index (χ3n) is 3.41. The van der Waals surface area contributed by atoms with E-state index in [1.807, 2.05) is 0 Å². The van der Waals surface area contributed by atoms with Crippen molar-refractivity contribution in [3.8, 4) is 0 Å². The van der Waals surface area contributed by atoms with Crippen molar-refractivity contribution >= 4 is 0 Å². The van der Waals surface area contributed by atoms with E-state index < -0.39 is 0 Å². The van der Waals surface area contributed by atoms with Gasteiger partial charge in [-0.15, -0.1) is 0 Å². The lowest BCUT2D eigenvalue weighted by Gasteiger charge is -2.34. The molecule has 0 amide bonds. The van der Waals surface area contributed by atoms with Crippen LogP contribution in [0.4, 0.5) is 0 Å². The van der Waals surface area contributed by atoms with E-state index in [1.54, 1.807) is 14.2 Å². The van der Waals surface area contributed by atoms with Crippen LogP contribution in [0.25, 0.3) is 0 Å². The number of fused-ring (bicyclic) bond motifs is 1. The topological polar surface area (TPSA) is 18.5 Å². The van der Waals surface area contributed by atoms with Crippen LogP contribution in [0.15, 0.2) is 30.4 Å². The van der Waals surface area contributed by atoms with Crippen LogP contribution in [-0.2, 0) is 15.1 Å². The molecule has 0 fully saturated rings. The minimum absolute atomic E-state index is 0.0411. The Morgan fingerprint density at radius 2 is 2.00 bits per heavy atom. The molecule has 0 spiro atoms. The van der Waals surface area contributed by atoms with Gasteiger partial charge in [-0.2, -0.15) is 0 Å². The molecule has 0 N–H and O–H groups in total. The smallest absolute Gasteiger partial charge is 0.108 e. The fraction of sp³-hybridized carbons (Fsp3) is 0.429. The maximum Gasteiger partial charge on any atom is 0.108 e. The highest BCUT2D eigenvalue weighted by Gasteiger charge is 2.32. The van der Waals surface area contributed by atoms with Gasteiger partial charge in [0.1, 0.15) is 11.7 Å². The van der Waals surface area contributed by atoms with Crippen LogP contribution in [0, 0.1) is 6.92 Å². The first-order valence-electron chi connectivity index (χ1n) is 5.49. The Kier molecular flexibility index (Phi) is 2.87. The zero-order valence-electron chi connectivity index (χ0n) is 10.3. The maximum atomic E-state index is 5.61. The van der Waals surface area contributed by atoms with E-state index in [0.717, 1.165) is 0 Å². The summed E-state index contributed by atoms with van der Waals surface area (Å²) in [7, 11) is 3.48. The van der Waals surface area contributed by atoms with Crippen molar-refractivity contribution < 1.29 is 9.47 Å². The van der Waals surface area contributed by atoms with Crippen molar-refractivity contribution in [2.75, 3.05) is 14.2 Å². The second-order valence-corrected chi connectivity index (χ2v) is 4.36. The van der Waals surface area contributed by atoms with E-state index in [-0.39, 0.29) is 11.7 Å². The van der Waals surface area contributed by atoms with Crippen LogP contribution in [0.1, 0.15) is 29.7 Å². The number of benzene rings is 1. The van der Waals surface area contributed by atoms with Gasteiger partial charge in [0.25, 0.3) is 0 Å². The summed E-state index contributed by atoms with van der Waals surface area (Å²) in [5.41, 5.74) is 3.34. The maximum absolute atomic E-state index is 5.61. The van der Waals surface area contributed by atoms with Crippen molar-refractivity contribution in [1.82, 2.24) is 0 Å². The molecule has 2 heteroatoms. The van der Waals surface area contributed by atoms with E-state index in [9.17, 15) is 0 Å². The van der Waals surface area contributed by atoms with Crippen molar-refractivity contribution in [1.29, 1.82) is 0 Å². The Bertz CT molecular complexity index is 423. The molecule has 0 saturated heterocycles. The first kappa shape index (κ1) is 11.4.